The summed E-state index contributed by atoms with van der Waals surface area (Å²) >= 11 is 0. The fraction of sp³-hybridized carbons (Fsp3) is 0.211. The normalized spacial score (nSPS) is 16.9. The summed E-state index contributed by atoms with van der Waals surface area (Å²) in [6.07, 6.45) is 6.15. The Balaban J connectivity index is 1.47. The highest BCUT2D eigenvalue weighted by molar-refractivity contribution is 5.96. The molecule has 3 aromatic heterocycles. The van der Waals surface area contributed by atoms with Gasteiger partial charge in [-0.05, 0) is 48.7 Å². The van der Waals surface area contributed by atoms with Crippen LogP contribution >= 0.6 is 0 Å². The third-order valence-corrected chi connectivity index (χ3v) is 4.49. The Morgan fingerprint density at radius 2 is 1.92 bits per heavy atom. The molecule has 1 atom stereocenters. The first-order valence-electron chi connectivity index (χ1n) is 8.36. The molecule has 26 heavy (non-hydrogen) atoms. The van der Waals surface area contributed by atoms with Gasteiger partial charge in [0, 0.05) is 36.6 Å². The number of amides is 1. The highest BCUT2D eigenvalue weighted by atomic mass is 19.1. The Labute approximate surface area is 149 Å². The third-order valence-electron chi connectivity index (χ3n) is 4.49. The van der Waals surface area contributed by atoms with Gasteiger partial charge < -0.3 is 0 Å². The molecule has 1 aliphatic rings. The molecular weight excluding hydrogens is 333 g/mol. The van der Waals surface area contributed by atoms with Crippen LogP contribution in [0.15, 0.2) is 55.0 Å². The number of carbonyl (C=O) groups excluding carboxylic acids is 1. The van der Waals surface area contributed by atoms with Crippen molar-refractivity contribution in [3.63, 3.8) is 0 Å². The molecule has 0 radical (unpaired) electrons. The van der Waals surface area contributed by atoms with Crippen LogP contribution in [0.2, 0.25) is 0 Å². The lowest BCUT2D eigenvalue weighted by Gasteiger charge is -2.15. The lowest BCUT2D eigenvalue weighted by atomic mass is 9.99. The number of aromatic nitrogens is 4. The van der Waals surface area contributed by atoms with E-state index in [4.69, 9.17) is 0 Å². The Morgan fingerprint density at radius 1 is 1.08 bits per heavy atom. The van der Waals surface area contributed by atoms with Crippen molar-refractivity contribution in [2.75, 3.05) is 11.4 Å². The number of hydrogen-bond donors (Lipinski definition) is 0. The minimum absolute atomic E-state index is 0.0142. The smallest absolute Gasteiger partial charge is 0.231 e. The number of pyridine rings is 2. The molecule has 130 valence electrons. The van der Waals surface area contributed by atoms with Crippen LogP contribution in [0, 0.1) is 11.9 Å². The molecule has 3 aromatic rings. The quantitative estimate of drug-likeness (QED) is 0.677. The van der Waals surface area contributed by atoms with Gasteiger partial charge in [0.1, 0.15) is 0 Å². The highest BCUT2D eigenvalue weighted by Gasteiger charge is 2.33. The fourth-order valence-corrected chi connectivity index (χ4v) is 3.11. The summed E-state index contributed by atoms with van der Waals surface area (Å²) in [5.74, 6) is -0.102. The molecule has 6 nitrogen and oxygen atoms in total. The SMILES string of the molecule is O=C1[C@H](Cc2ccc(F)nc2)CCN1c1ccc(-c2ccncc2)nn1. The molecule has 1 fully saturated rings. The van der Waals surface area contributed by atoms with Gasteiger partial charge >= 0.3 is 0 Å². The predicted molar refractivity (Wildman–Crippen MR) is 93.6 cm³/mol. The highest BCUT2D eigenvalue weighted by Crippen LogP contribution is 2.27. The zero-order valence-corrected chi connectivity index (χ0v) is 13.9. The van der Waals surface area contributed by atoms with E-state index in [-0.39, 0.29) is 11.8 Å². The van der Waals surface area contributed by atoms with E-state index in [1.165, 1.54) is 12.3 Å². The van der Waals surface area contributed by atoms with E-state index in [9.17, 15) is 9.18 Å². The van der Waals surface area contributed by atoms with Gasteiger partial charge in [0.2, 0.25) is 11.9 Å². The second kappa shape index (κ2) is 6.95. The molecule has 7 heteroatoms. The first-order chi connectivity index (χ1) is 12.7. The van der Waals surface area contributed by atoms with Crippen molar-refractivity contribution in [3.8, 4) is 11.3 Å². The van der Waals surface area contributed by atoms with E-state index >= 15 is 0 Å². The Bertz CT molecular complexity index is 899. The molecule has 0 aliphatic carbocycles. The van der Waals surface area contributed by atoms with Crippen molar-refractivity contribution in [3.05, 3.63) is 66.5 Å². The van der Waals surface area contributed by atoms with Gasteiger partial charge in [-0.1, -0.05) is 6.07 Å². The van der Waals surface area contributed by atoms with Gasteiger partial charge in [-0.15, -0.1) is 10.2 Å². The minimum Gasteiger partial charge on any atom is -0.295 e. The van der Waals surface area contributed by atoms with Crippen molar-refractivity contribution in [2.24, 2.45) is 5.92 Å². The number of halogens is 1. The maximum Gasteiger partial charge on any atom is 0.231 e. The van der Waals surface area contributed by atoms with Crippen molar-refractivity contribution >= 4 is 11.7 Å². The van der Waals surface area contributed by atoms with Crippen molar-refractivity contribution in [2.45, 2.75) is 12.8 Å². The van der Waals surface area contributed by atoms with E-state index < -0.39 is 5.95 Å². The minimum atomic E-state index is -0.516. The van der Waals surface area contributed by atoms with Gasteiger partial charge in [-0.25, -0.2) is 4.98 Å². The number of rotatable bonds is 4. The van der Waals surface area contributed by atoms with Crippen LogP contribution < -0.4 is 4.90 Å². The van der Waals surface area contributed by atoms with Crippen LogP contribution in [0.1, 0.15) is 12.0 Å². The standard InChI is InChI=1S/C19H16FN5O/c20-17-3-1-13(12-22-17)11-15-7-10-25(19(15)26)18-4-2-16(23-24-18)14-5-8-21-9-6-14/h1-6,8-9,12,15H,7,10-11H2/t15-/m0/s1. The maximum absolute atomic E-state index is 12.9. The van der Waals surface area contributed by atoms with Gasteiger partial charge in [0.25, 0.3) is 0 Å². The van der Waals surface area contributed by atoms with Crippen LogP contribution in [-0.4, -0.2) is 32.6 Å². The summed E-state index contributed by atoms with van der Waals surface area (Å²) < 4.78 is 12.9. The largest absolute Gasteiger partial charge is 0.295 e. The van der Waals surface area contributed by atoms with Gasteiger partial charge in [0.05, 0.1) is 5.69 Å². The van der Waals surface area contributed by atoms with Crippen molar-refractivity contribution < 1.29 is 9.18 Å². The molecule has 0 saturated carbocycles. The van der Waals surface area contributed by atoms with Crippen LogP contribution in [-0.2, 0) is 11.2 Å². The van der Waals surface area contributed by atoms with Gasteiger partial charge in [-0.2, -0.15) is 4.39 Å². The second-order valence-corrected chi connectivity index (χ2v) is 6.18. The van der Waals surface area contributed by atoms with Gasteiger partial charge in [0.15, 0.2) is 5.82 Å². The Hall–Kier alpha value is -3.22. The molecule has 0 unspecified atom stereocenters. The lowest BCUT2D eigenvalue weighted by Crippen LogP contribution is -2.28. The fourth-order valence-electron chi connectivity index (χ4n) is 3.11. The Kier molecular flexibility index (Phi) is 4.35. The van der Waals surface area contributed by atoms with E-state index in [1.807, 2.05) is 24.3 Å². The lowest BCUT2D eigenvalue weighted by molar-refractivity contribution is -0.120. The predicted octanol–water partition coefficient (Wildman–Crippen LogP) is 2.67. The number of hydrogen-bond acceptors (Lipinski definition) is 5. The summed E-state index contributed by atoms with van der Waals surface area (Å²) in [5, 5.41) is 8.44. The molecule has 1 aliphatic heterocycles. The van der Waals surface area contributed by atoms with E-state index in [2.05, 4.69) is 20.2 Å². The Morgan fingerprint density at radius 3 is 2.62 bits per heavy atom. The maximum atomic E-state index is 12.9. The average Bonchev–Trinajstić information content (AvgIpc) is 3.05. The average molecular weight is 349 g/mol. The summed E-state index contributed by atoms with van der Waals surface area (Å²) in [4.78, 5) is 22.0. The first kappa shape index (κ1) is 16.3. The molecule has 0 aromatic carbocycles. The summed E-state index contributed by atoms with van der Waals surface area (Å²) in [6.45, 7) is 0.599. The van der Waals surface area contributed by atoms with Gasteiger partial charge in [-0.3, -0.25) is 14.7 Å². The second-order valence-electron chi connectivity index (χ2n) is 6.18. The van der Waals surface area contributed by atoms with Crippen molar-refractivity contribution in [1.29, 1.82) is 0 Å². The number of carbonyl (C=O) groups is 1. The monoisotopic (exact) mass is 349 g/mol. The number of nitrogens with zero attached hydrogens (tertiary/aromatic N) is 5. The summed E-state index contributed by atoms with van der Waals surface area (Å²) in [6, 6.07) is 10.4. The zero-order chi connectivity index (χ0) is 17.9. The summed E-state index contributed by atoms with van der Waals surface area (Å²) in [7, 11) is 0. The first-order valence-corrected chi connectivity index (χ1v) is 8.36. The zero-order valence-electron chi connectivity index (χ0n) is 13.9. The topological polar surface area (TPSA) is 71.9 Å². The molecule has 0 bridgehead atoms. The molecule has 0 spiro atoms. The van der Waals surface area contributed by atoms with Crippen molar-refractivity contribution in [1.82, 2.24) is 20.2 Å². The van der Waals surface area contributed by atoms with E-state index in [1.54, 1.807) is 23.4 Å². The molecular formula is C19H16FN5O. The van der Waals surface area contributed by atoms with E-state index in [0.717, 1.165) is 23.2 Å². The molecule has 1 amide bonds. The third kappa shape index (κ3) is 3.28. The molecule has 1 saturated heterocycles. The van der Waals surface area contributed by atoms with Crippen LogP contribution in [0.4, 0.5) is 10.2 Å². The molecule has 4 rings (SSSR count). The van der Waals surface area contributed by atoms with Crippen LogP contribution in [0.25, 0.3) is 11.3 Å². The molecule has 0 N–H and O–H groups in total. The summed E-state index contributed by atoms with van der Waals surface area (Å²) in [5.41, 5.74) is 2.51. The van der Waals surface area contributed by atoms with E-state index in [0.29, 0.717) is 18.8 Å². The van der Waals surface area contributed by atoms with Crippen LogP contribution in [0.5, 0.6) is 0 Å². The number of anilines is 1. The van der Waals surface area contributed by atoms with Crippen LogP contribution in [0.3, 0.4) is 0 Å². The molecule has 4 heterocycles.